The molecule has 0 aliphatic carbocycles. The number of fused-ring (bicyclic) bond motifs is 11. The van der Waals surface area contributed by atoms with E-state index in [2.05, 4.69) is 193 Å². The summed E-state index contributed by atoms with van der Waals surface area (Å²) in [6.07, 6.45) is 0. The van der Waals surface area contributed by atoms with E-state index in [1.807, 2.05) is 11.3 Å². The number of benzene rings is 10. The van der Waals surface area contributed by atoms with E-state index < -0.39 is 0 Å². The minimum Gasteiger partial charge on any atom is -0.310 e. The molecule has 0 atom stereocenters. The van der Waals surface area contributed by atoms with Gasteiger partial charge in [-0.25, -0.2) is 0 Å². The first-order valence-electron chi connectivity index (χ1n) is 17.8. The highest BCUT2D eigenvalue weighted by molar-refractivity contribution is 7.26. The van der Waals surface area contributed by atoms with Crippen LogP contribution < -0.4 is 4.90 Å². The molecule has 0 N–H and O–H groups in total. The lowest BCUT2D eigenvalue weighted by molar-refractivity contribution is 1.30. The summed E-state index contributed by atoms with van der Waals surface area (Å²) in [6, 6.07) is 69.3. The van der Waals surface area contributed by atoms with Crippen molar-refractivity contribution in [2.45, 2.75) is 0 Å². The summed E-state index contributed by atoms with van der Waals surface area (Å²) in [7, 11) is 0. The molecule has 0 aliphatic rings. The van der Waals surface area contributed by atoms with Crippen LogP contribution in [-0.2, 0) is 0 Å². The number of thiophene rings is 1. The Labute approximate surface area is 305 Å². The van der Waals surface area contributed by atoms with Gasteiger partial charge in [-0.15, -0.1) is 11.3 Å². The second-order valence-electron chi connectivity index (χ2n) is 13.7. The van der Waals surface area contributed by atoms with Gasteiger partial charge in [0, 0.05) is 37.2 Å². The first-order valence-corrected chi connectivity index (χ1v) is 18.7. The summed E-state index contributed by atoms with van der Waals surface area (Å²) in [4.78, 5) is 2.40. The number of hydrogen-bond acceptors (Lipinski definition) is 2. The van der Waals surface area contributed by atoms with Gasteiger partial charge in [0.15, 0.2) is 0 Å². The lowest BCUT2D eigenvalue weighted by atomic mass is 9.95. The van der Waals surface area contributed by atoms with Gasteiger partial charge in [-0.3, -0.25) is 0 Å². The zero-order chi connectivity index (χ0) is 34.2. The zero-order valence-corrected chi connectivity index (χ0v) is 29.1. The molecule has 11 rings (SSSR count). The van der Waals surface area contributed by atoms with E-state index >= 15 is 0 Å². The molecule has 1 aromatic heterocycles. The molecule has 0 spiro atoms. The Morgan fingerprint density at radius 2 is 0.885 bits per heavy atom. The van der Waals surface area contributed by atoms with Crippen LogP contribution in [0.5, 0.6) is 0 Å². The Kier molecular flexibility index (Phi) is 6.49. The molecule has 0 saturated heterocycles. The van der Waals surface area contributed by atoms with Crippen LogP contribution >= 0.6 is 11.3 Å². The largest absolute Gasteiger partial charge is 0.310 e. The highest BCUT2D eigenvalue weighted by Gasteiger charge is 2.18. The van der Waals surface area contributed by atoms with Gasteiger partial charge in [-0.05, 0) is 120 Å². The molecular formula is C50H31NS. The number of nitrogens with zero attached hydrogens (tertiary/aromatic N) is 1. The van der Waals surface area contributed by atoms with Crippen LogP contribution in [0.4, 0.5) is 17.1 Å². The Balaban J connectivity index is 1.08. The summed E-state index contributed by atoms with van der Waals surface area (Å²) in [5.74, 6) is 0. The normalized spacial score (nSPS) is 11.8. The molecule has 0 amide bonds. The van der Waals surface area contributed by atoms with Gasteiger partial charge in [-0.2, -0.15) is 0 Å². The zero-order valence-electron chi connectivity index (χ0n) is 28.3. The maximum absolute atomic E-state index is 2.40. The second-order valence-corrected chi connectivity index (χ2v) is 14.8. The second kappa shape index (κ2) is 11.5. The van der Waals surface area contributed by atoms with Crippen molar-refractivity contribution in [2.75, 3.05) is 4.90 Å². The van der Waals surface area contributed by atoms with Crippen LogP contribution in [-0.4, -0.2) is 0 Å². The molecule has 0 aliphatic heterocycles. The van der Waals surface area contributed by atoms with Crippen LogP contribution in [0.1, 0.15) is 0 Å². The Bertz CT molecular complexity index is 3190. The van der Waals surface area contributed by atoms with Gasteiger partial charge in [0.05, 0.1) is 0 Å². The molecule has 1 nitrogen and oxygen atoms in total. The van der Waals surface area contributed by atoms with E-state index in [0.29, 0.717) is 0 Å². The highest BCUT2D eigenvalue weighted by atomic mass is 32.1. The van der Waals surface area contributed by atoms with Crippen molar-refractivity contribution >= 4 is 102 Å². The Morgan fingerprint density at radius 1 is 0.308 bits per heavy atom. The van der Waals surface area contributed by atoms with E-state index in [0.717, 1.165) is 17.1 Å². The molecule has 0 fully saturated rings. The SMILES string of the molecule is c1ccc(N(c2ccc3c(ccc4c5ccccc5ccc34)c2)c2ccc3sc4cccc(-c5ccc6c(ccc7ccccc76)c5)c4c3c2)cc1. The lowest BCUT2D eigenvalue weighted by Crippen LogP contribution is -2.09. The molecule has 52 heavy (non-hydrogen) atoms. The Hall–Kier alpha value is -6.48. The van der Waals surface area contributed by atoms with Gasteiger partial charge < -0.3 is 4.90 Å². The van der Waals surface area contributed by atoms with Gasteiger partial charge in [-0.1, -0.05) is 133 Å². The molecule has 2 heteroatoms. The van der Waals surface area contributed by atoms with Gasteiger partial charge in [0.25, 0.3) is 0 Å². The molecular weight excluding hydrogens is 647 g/mol. The van der Waals surface area contributed by atoms with Crippen LogP contribution in [0.25, 0.3) is 85.2 Å². The fraction of sp³-hybridized carbons (Fsp3) is 0. The molecule has 1 heterocycles. The standard InChI is InChI=1S/C50H31NS/c1-2-11-37(12-3-1)51(38-22-27-43-36(30-38)21-26-45-41-14-7-5-10-33(41)19-25-46(43)45)39-23-28-48-47(31-39)50-44(15-8-16-49(50)52-48)35-20-24-42-34(29-35)18-17-32-9-4-6-13-40(32)42/h1-31H. The fourth-order valence-corrected chi connectivity index (χ4v) is 9.47. The minimum absolute atomic E-state index is 1.13. The monoisotopic (exact) mass is 677 g/mol. The van der Waals surface area contributed by atoms with Gasteiger partial charge >= 0.3 is 0 Å². The first kappa shape index (κ1) is 29.3. The number of rotatable bonds is 4. The molecule has 242 valence electrons. The number of hydrogen-bond donors (Lipinski definition) is 0. The minimum atomic E-state index is 1.13. The maximum Gasteiger partial charge on any atom is 0.0468 e. The number of para-hydroxylation sites is 1. The Morgan fingerprint density at radius 3 is 1.71 bits per heavy atom. The van der Waals surface area contributed by atoms with Crippen LogP contribution in [0, 0.1) is 0 Å². The predicted octanol–water partition coefficient (Wildman–Crippen LogP) is 15.0. The van der Waals surface area contributed by atoms with E-state index in [1.165, 1.54) is 85.2 Å². The van der Waals surface area contributed by atoms with Crippen LogP contribution in [0.3, 0.4) is 0 Å². The smallest absolute Gasteiger partial charge is 0.0468 e. The van der Waals surface area contributed by atoms with E-state index in [-0.39, 0.29) is 0 Å². The van der Waals surface area contributed by atoms with Crippen molar-refractivity contribution < 1.29 is 0 Å². The van der Waals surface area contributed by atoms with Crippen molar-refractivity contribution in [3.8, 4) is 11.1 Å². The van der Waals surface area contributed by atoms with E-state index in [4.69, 9.17) is 0 Å². The van der Waals surface area contributed by atoms with Crippen molar-refractivity contribution in [1.29, 1.82) is 0 Å². The van der Waals surface area contributed by atoms with E-state index in [9.17, 15) is 0 Å². The third-order valence-corrected chi connectivity index (χ3v) is 11.9. The average molecular weight is 678 g/mol. The molecule has 0 radical (unpaired) electrons. The first-order chi connectivity index (χ1) is 25.8. The lowest BCUT2D eigenvalue weighted by Gasteiger charge is -2.26. The third kappa shape index (κ3) is 4.55. The van der Waals surface area contributed by atoms with Crippen molar-refractivity contribution in [3.63, 3.8) is 0 Å². The number of anilines is 3. The van der Waals surface area contributed by atoms with Crippen LogP contribution in [0.15, 0.2) is 188 Å². The van der Waals surface area contributed by atoms with Crippen molar-refractivity contribution in [2.24, 2.45) is 0 Å². The molecule has 0 unspecified atom stereocenters. The maximum atomic E-state index is 2.40. The summed E-state index contributed by atoms with van der Waals surface area (Å²) < 4.78 is 2.60. The molecule has 0 saturated carbocycles. The van der Waals surface area contributed by atoms with Crippen molar-refractivity contribution in [1.82, 2.24) is 0 Å². The fourth-order valence-electron chi connectivity index (χ4n) is 8.35. The molecule has 10 aromatic carbocycles. The molecule has 11 aromatic rings. The third-order valence-electron chi connectivity index (χ3n) is 10.8. The summed E-state index contributed by atoms with van der Waals surface area (Å²) >= 11 is 1.87. The predicted molar refractivity (Wildman–Crippen MR) is 227 cm³/mol. The van der Waals surface area contributed by atoms with Crippen molar-refractivity contribution in [3.05, 3.63) is 188 Å². The van der Waals surface area contributed by atoms with E-state index in [1.54, 1.807) is 0 Å². The quantitative estimate of drug-likeness (QED) is 0.168. The van der Waals surface area contributed by atoms with Gasteiger partial charge in [0.1, 0.15) is 0 Å². The average Bonchev–Trinajstić information content (AvgIpc) is 3.59. The topological polar surface area (TPSA) is 3.24 Å². The van der Waals surface area contributed by atoms with Gasteiger partial charge in [0.2, 0.25) is 0 Å². The molecule has 0 bridgehead atoms. The summed E-state index contributed by atoms with van der Waals surface area (Å²) in [6.45, 7) is 0. The van der Waals surface area contributed by atoms with Crippen LogP contribution in [0.2, 0.25) is 0 Å². The summed E-state index contributed by atoms with van der Waals surface area (Å²) in [5, 5.41) is 15.4. The highest BCUT2D eigenvalue weighted by Crippen LogP contribution is 2.45. The summed E-state index contributed by atoms with van der Waals surface area (Å²) in [5.41, 5.74) is 5.93.